The first kappa shape index (κ1) is 15.6. The molecule has 0 bridgehead atoms. The number of nitrogens with zero attached hydrogens (tertiary/aromatic N) is 2. The van der Waals surface area contributed by atoms with Crippen LogP contribution in [0, 0.1) is 5.92 Å². The molecule has 6 heteroatoms. The zero-order valence-electron chi connectivity index (χ0n) is 12.0. The SMILES string of the molecule is C[C@H]1C[C@@H](C(=O)N2CCN(C3CC3)C(=O)C2)CCN1.Cl. The van der Waals surface area contributed by atoms with Crippen molar-refractivity contribution >= 4 is 24.2 Å². The maximum absolute atomic E-state index is 12.5. The minimum atomic E-state index is 0. The highest BCUT2D eigenvalue weighted by Crippen LogP contribution is 2.28. The fourth-order valence-electron chi connectivity index (χ4n) is 3.26. The van der Waals surface area contributed by atoms with Crippen LogP contribution in [0.25, 0.3) is 0 Å². The third kappa shape index (κ3) is 3.26. The number of hydrogen-bond acceptors (Lipinski definition) is 3. The first-order valence-corrected chi connectivity index (χ1v) is 7.47. The van der Waals surface area contributed by atoms with Crippen LogP contribution in [-0.2, 0) is 9.59 Å². The van der Waals surface area contributed by atoms with E-state index in [9.17, 15) is 9.59 Å². The summed E-state index contributed by atoms with van der Waals surface area (Å²) in [5.41, 5.74) is 0. The van der Waals surface area contributed by atoms with Gasteiger partial charge in [-0.2, -0.15) is 0 Å². The number of carbonyl (C=O) groups is 2. The van der Waals surface area contributed by atoms with Crippen molar-refractivity contribution in [3.8, 4) is 0 Å². The lowest BCUT2D eigenvalue weighted by Gasteiger charge is -2.37. The maximum Gasteiger partial charge on any atom is 0.242 e. The molecule has 1 aliphatic carbocycles. The molecule has 114 valence electrons. The van der Waals surface area contributed by atoms with Gasteiger partial charge in [0.15, 0.2) is 0 Å². The van der Waals surface area contributed by atoms with Crippen LogP contribution in [0.5, 0.6) is 0 Å². The Morgan fingerprint density at radius 1 is 1.25 bits per heavy atom. The second-order valence-corrected chi connectivity index (χ2v) is 6.15. The van der Waals surface area contributed by atoms with Crippen LogP contribution >= 0.6 is 12.4 Å². The van der Waals surface area contributed by atoms with Gasteiger partial charge in [0, 0.05) is 31.1 Å². The normalized spacial score (nSPS) is 30.9. The molecule has 2 aliphatic heterocycles. The van der Waals surface area contributed by atoms with Crippen LogP contribution in [0.2, 0.25) is 0 Å². The number of rotatable bonds is 2. The Bertz CT molecular complexity index is 387. The van der Waals surface area contributed by atoms with E-state index in [1.807, 2.05) is 4.90 Å². The molecule has 0 aromatic heterocycles. The molecule has 2 amide bonds. The molecule has 3 rings (SSSR count). The van der Waals surface area contributed by atoms with Crippen molar-refractivity contribution in [2.45, 2.75) is 44.7 Å². The number of piperazine rings is 1. The molecule has 0 spiro atoms. The number of piperidine rings is 1. The summed E-state index contributed by atoms with van der Waals surface area (Å²) in [5.74, 6) is 0.442. The molecule has 3 aliphatic rings. The monoisotopic (exact) mass is 301 g/mol. The van der Waals surface area contributed by atoms with E-state index in [-0.39, 0.29) is 30.1 Å². The smallest absolute Gasteiger partial charge is 0.242 e. The predicted molar refractivity (Wildman–Crippen MR) is 78.8 cm³/mol. The van der Waals surface area contributed by atoms with E-state index in [2.05, 4.69) is 12.2 Å². The highest BCUT2D eigenvalue weighted by Gasteiger charge is 2.38. The van der Waals surface area contributed by atoms with Gasteiger partial charge in [0.1, 0.15) is 0 Å². The molecule has 5 nitrogen and oxygen atoms in total. The zero-order chi connectivity index (χ0) is 13.4. The van der Waals surface area contributed by atoms with Crippen molar-refractivity contribution in [1.82, 2.24) is 15.1 Å². The fraction of sp³-hybridized carbons (Fsp3) is 0.857. The van der Waals surface area contributed by atoms with Crippen molar-refractivity contribution in [3.63, 3.8) is 0 Å². The quantitative estimate of drug-likeness (QED) is 0.814. The average molecular weight is 302 g/mol. The van der Waals surface area contributed by atoms with Crippen molar-refractivity contribution in [1.29, 1.82) is 0 Å². The van der Waals surface area contributed by atoms with E-state index in [1.54, 1.807) is 4.90 Å². The van der Waals surface area contributed by atoms with Gasteiger partial charge in [-0.1, -0.05) is 0 Å². The first-order valence-electron chi connectivity index (χ1n) is 7.47. The maximum atomic E-state index is 12.5. The number of halogens is 1. The second-order valence-electron chi connectivity index (χ2n) is 6.15. The highest BCUT2D eigenvalue weighted by atomic mass is 35.5. The number of carbonyl (C=O) groups excluding carboxylic acids is 2. The van der Waals surface area contributed by atoms with Gasteiger partial charge in [-0.25, -0.2) is 0 Å². The Kier molecular flexibility index (Phi) is 4.91. The molecular formula is C14H24ClN3O2. The second kappa shape index (κ2) is 6.31. The van der Waals surface area contributed by atoms with Crippen molar-refractivity contribution in [2.24, 2.45) is 5.92 Å². The molecule has 2 heterocycles. The lowest BCUT2D eigenvalue weighted by Crippen LogP contribution is -2.55. The molecule has 2 saturated heterocycles. The summed E-state index contributed by atoms with van der Waals surface area (Å²) >= 11 is 0. The predicted octanol–water partition coefficient (Wildman–Crippen LogP) is 0.630. The van der Waals surface area contributed by atoms with Gasteiger partial charge in [-0.15, -0.1) is 12.4 Å². The summed E-state index contributed by atoms with van der Waals surface area (Å²) < 4.78 is 0. The summed E-state index contributed by atoms with van der Waals surface area (Å²) in [4.78, 5) is 28.3. The van der Waals surface area contributed by atoms with Gasteiger partial charge in [0.2, 0.25) is 11.8 Å². The van der Waals surface area contributed by atoms with E-state index in [0.717, 1.165) is 45.3 Å². The van der Waals surface area contributed by atoms with Crippen molar-refractivity contribution < 1.29 is 9.59 Å². The summed E-state index contributed by atoms with van der Waals surface area (Å²) in [7, 11) is 0. The molecule has 3 fully saturated rings. The molecular weight excluding hydrogens is 278 g/mol. The van der Waals surface area contributed by atoms with Crippen LogP contribution in [0.3, 0.4) is 0 Å². The number of hydrogen-bond donors (Lipinski definition) is 1. The molecule has 0 aromatic rings. The third-order valence-corrected chi connectivity index (χ3v) is 4.53. The largest absolute Gasteiger partial charge is 0.336 e. The fourth-order valence-corrected chi connectivity index (χ4v) is 3.26. The number of amides is 2. The Morgan fingerprint density at radius 3 is 2.60 bits per heavy atom. The van der Waals surface area contributed by atoms with Gasteiger partial charge in [0.05, 0.1) is 6.54 Å². The van der Waals surface area contributed by atoms with Crippen molar-refractivity contribution in [2.75, 3.05) is 26.2 Å². The summed E-state index contributed by atoms with van der Waals surface area (Å²) in [6, 6.07) is 0.884. The van der Waals surface area contributed by atoms with Crippen LogP contribution in [0.4, 0.5) is 0 Å². The zero-order valence-corrected chi connectivity index (χ0v) is 12.8. The standard InChI is InChI=1S/C14H23N3O2.ClH/c1-10-8-11(4-5-15-10)14(19)16-6-7-17(12-2-3-12)13(18)9-16;/h10-12,15H,2-9H2,1H3;1H/t10-,11-;/m0./s1. The van der Waals surface area contributed by atoms with Gasteiger partial charge < -0.3 is 15.1 Å². The van der Waals surface area contributed by atoms with Crippen LogP contribution in [-0.4, -0.2) is 59.9 Å². The molecule has 2 atom stereocenters. The molecule has 1 saturated carbocycles. The lowest BCUT2D eigenvalue weighted by atomic mass is 9.92. The Morgan fingerprint density at radius 2 is 2.00 bits per heavy atom. The van der Waals surface area contributed by atoms with Crippen molar-refractivity contribution in [3.05, 3.63) is 0 Å². The lowest BCUT2D eigenvalue weighted by molar-refractivity contribution is -0.148. The molecule has 0 unspecified atom stereocenters. The average Bonchev–Trinajstić information content (AvgIpc) is 3.22. The van der Waals surface area contributed by atoms with E-state index in [0.29, 0.717) is 18.6 Å². The van der Waals surface area contributed by atoms with Gasteiger partial charge >= 0.3 is 0 Å². The first-order chi connectivity index (χ1) is 9.15. The molecule has 20 heavy (non-hydrogen) atoms. The van der Waals surface area contributed by atoms with E-state index in [4.69, 9.17) is 0 Å². The Balaban J connectivity index is 0.00000147. The van der Waals surface area contributed by atoms with E-state index >= 15 is 0 Å². The molecule has 1 N–H and O–H groups in total. The Hall–Kier alpha value is -0.810. The minimum absolute atomic E-state index is 0. The van der Waals surface area contributed by atoms with Crippen LogP contribution in [0.15, 0.2) is 0 Å². The van der Waals surface area contributed by atoms with E-state index in [1.165, 1.54) is 0 Å². The molecule has 0 aromatic carbocycles. The Labute approximate surface area is 126 Å². The van der Waals surface area contributed by atoms with E-state index < -0.39 is 0 Å². The third-order valence-electron chi connectivity index (χ3n) is 4.53. The van der Waals surface area contributed by atoms with Gasteiger partial charge in [-0.3, -0.25) is 9.59 Å². The van der Waals surface area contributed by atoms with Gasteiger partial charge in [-0.05, 0) is 39.2 Å². The minimum Gasteiger partial charge on any atom is -0.336 e. The topological polar surface area (TPSA) is 52.7 Å². The van der Waals surface area contributed by atoms with Crippen LogP contribution in [0.1, 0.15) is 32.6 Å². The summed E-state index contributed by atoms with van der Waals surface area (Å²) in [6.45, 7) is 4.78. The number of nitrogens with one attached hydrogen (secondary N) is 1. The van der Waals surface area contributed by atoms with Crippen LogP contribution < -0.4 is 5.32 Å². The highest BCUT2D eigenvalue weighted by molar-refractivity contribution is 5.87. The summed E-state index contributed by atoms with van der Waals surface area (Å²) in [5, 5.41) is 3.36. The molecule has 0 radical (unpaired) electrons. The van der Waals surface area contributed by atoms with Gasteiger partial charge in [0.25, 0.3) is 0 Å². The summed E-state index contributed by atoms with van der Waals surface area (Å²) in [6.07, 6.45) is 4.09.